The molecule has 0 aromatic carbocycles. The lowest BCUT2D eigenvalue weighted by molar-refractivity contribution is -0.0361. The van der Waals surface area contributed by atoms with Crippen LogP contribution in [0.25, 0.3) is 11.2 Å². The third-order valence-corrected chi connectivity index (χ3v) is 3.04. The van der Waals surface area contributed by atoms with Crippen LogP contribution in [0.4, 0.5) is 5.82 Å². The first kappa shape index (κ1) is 12.2. The lowest BCUT2D eigenvalue weighted by atomic mass is 11.1. The van der Waals surface area contributed by atoms with Crippen LogP contribution in [0, 0.1) is 6.61 Å². The number of imidazole rings is 1. The predicted octanol–water partition coefficient (Wildman–Crippen LogP) is -1.32. The molecule has 0 unspecified atom stereocenters. The number of hydrogen-bond donors (Lipinski definition) is 3. The van der Waals surface area contributed by atoms with E-state index in [4.69, 9.17) is 9.84 Å². The highest BCUT2D eigenvalue weighted by Gasteiger charge is 2.44. The minimum atomic E-state index is -1.26. The Labute approximate surface area is 107 Å². The molecular weight excluding hydrogens is 269 g/mol. The second kappa shape index (κ2) is 4.38. The molecule has 2 aromatic rings. The molecule has 1 aliphatic heterocycles. The van der Waals surface area contributed by atoms with E-state index in [9.17, 15) is 15.9 Å². The van der Waals surface area contributed by atoms with E-state index in [1.54, 1.807) is 0 Å². The van der Waals surface area contributed by atoms with Crippen LogP contribution in [0.15, 0.2) is 12.7 Å². The van der Waals surface area contributed by atoms with Gasteiger partial charge in [-0.05, 0) is 0 Å². The molecule has 0 spiro atoms. The van der Waals surface area contributed by atoms with E-state index in [0.717, 1.165) is 6.33 Å². The molecule has 3 radical (unpaired) electrons. The highest BCUT2D eigenvalue weighted by atomic mass is 16.8. The van der Waals surface area contributed by atoms with Crippen LogP contribution in [0.3, 0.4) is 0 Å². The van der Waals surface area contributed by atoms with E-state index in [0.29, 0.717) is 6.61 Å². The molecule has 1 aliphatic rings. The van der Waals surface area contributed by atoms with Crippen molar-refractivity contribution in [2.45, 2.75) is 24.5 Å². The van der Waals surface area contributed by atoms with E-state index in [1.807, 2.05) is 0 Å². The van der Waals surface area contributed by atoms with Crippen LogP contribution < -0.4 is 5.73 Å². The molecule has 1 fully saturated rings. The lowest BCUT2D eigenvalue weighted by Gasteiger charge is -2.16. The van der Waals surface area contributed by atoms with Crippen molar-refractivity contribution in [3.63, 3.8) is 0 Å². The smallest absolute Gasteiger partial charge is 0.205 e. The fourth-order valence-corrected chi connectivity index (χ4v) is 2.06. The minimum Gasteiger partial charge on any atom is -0.387 e. The topological polar surface area (TPSA) is 136 Å². The summed E-state index contributed by atoms with van der Waals surface area (Å²) in [5.41, 5.74) is 9.93. The van der Waals surface area contributed by atoms with Gasteiger partial charge >= 0.3 is 0 Å². The van der Waals surface area contributed by atoms with Gasteiger partial charge in [-0.2, -0.15) is 0 Å². The second-order valence-corrected chi connectivity index (χ2v) is 4.14. The second-order valence-electron chi connectivity index (χ2n) is 4.14. The zero-order valence-corrected chi connectivity index (χ0v) is 9.53. The Morgan fingerprint density at radius 1 is 1.26 bits per heavy atom. The summed E-state index contributed by atoms with van der Waals surface area (Å²) in [7, 11) is 0. The van der Waals surface area contributed by atoms with Crippen molar-refractivity contribution >= 4 is 17.0 Å². The van der Waals surface area contributed by atoms with E-state index in [-0.39, 0.29) is 17.0 Å². The molecular formula is C10H10N5O4. The molecule has 3 heterocycles. The maximum absolute atomic E-state index is 9.90. The fourth-order valence-electron chi connectivity index (χ4n) is 2.06. The molecule has 1 saturated heterocycles. The zero-order chi connectivity index (χ0) is 13.6. The SMILES string of the molecule is [15N][13c]1[15n][13cH][15n][13c]2[13c]1[15n][13cH][15n]2[13C@@H]1O[13C@H]([13CH]O)[13C@@H](O)[13C@H]1O. The predicted molar refractivity (Wildman–Crippen MR) is 59.3 cm³/mol. The normalized spacial score (nSPS) is 31.1. The Kier molecular flexibility index (Phi) is 2.82. The van der Waals surface area contributed by atoms with Crippen LogP contribution in [-0.2, 0) is 4.74 Å². The van der Waals surface area contributed by atoms with Gasteiger partial charge in [0.25, 0.3) is 0 Å². The third-order valence-electron chi connectivity index (χ3n) is 3.04. The summed E-state index contributed by atoms with van der Waals surface area (Å²) in [6.45, 7) is 0.666. The number of aliphatic hydroxyl groups is 3. The highest BCUT2D eigenvalue weighted by Crippen LogP contribution is 2.32. The molecule has 3 N–H and O–H groups in total. The Balaban J connectivity index is 2.04. The Bertz CT molecular complexity index is 603. The number of aromatic nitrogens is 4. The van der Waals surface area contributed by atoms with Gasteiger partial charge in [-0.25, -0.2) is 15.0 Å². The van der Waals surface area contributed by atoms with Crippen LogP contribution in [0.5, 0.6) is 0 Å². The molecule has 99 valence electrons. The van der Waals surface area contributed by atoms with E-state index < -0.39 is 24.5 Å². The van der Waals surface area contributed by atoms with Crippen molar-refractivity contribution in [3.8, 4) is 0 Å². The number of fused-ring (bicyclic) bond motifs is 1. The molecule has 19 heavy (non-hydrogen) atoms. The van der Waals surface area contributed by atoms with Crippen LogP contribution in [0.1, 0.15) is 6.23 Å². The molecule has 9 nitrogen and oxygen atoms in total. The molecule has 0 aliphatic carbocycles. The lowest BCUT2D eigenvalue weighted by Crippen LogP contribution is -2.31. The number of rotatable bonds is 2. The summed E-state index contributed by atoms with van der Waals surface area (Å²) in [5, 5.41) is 28.5. The molecule has 4 atom stereocenters. The van der Waals surface area contributed by atoms with Gasteiger partial charge in [0.2, 0.25) is 5.82 Å². The highest BCUT2D eigenvalue weighted by molar-refractivity contribution is 5.79. The Morgan fingerprint density at radius 3 is 2.74 bits per heavy atom. The maximum Gasteiger partial charge on any atom is 0.205 e. The number of hydrogen-bond acceptors (Lipinski definition) is 7. The molecule has 9 heteroatoms. The van der Waals surface area contributed by atoms with Gasteiger partial charge < -0.3 is 20.1 Å². The molecule has 0 bridgehead atoms. The number of aliphatic hydroxyl groups excluding tert-OH is 3. The Morgan fingerprint density at radius 2 is 2.05 bits per heavy atom. The summed E-state index contributed by atoms with van der Waals surface area (Å²) in [4.78, 5) is 11.4. The summed E-state index contributed by atoms with van der Waals surface area (Å²) >= 11 is 0. The van der Waals surface area contributed by atoms with Crippen LogP contribution >= 0.6 is 0 Å². The van der Waals surface area contributed by atoms with Gasteiger partial charge in [-0.3, -0.25) is 4.57 Å². The average Bonchev–Trinajstić information content (AvgIpc) is 2.94. The van der Waals surface area contributed by atoms with Crippen molar-refractivity contribution < 1.29 is 20.1 Å². The quantitative estimate of drug-likeness (QED) is 0.458. The Hall–Kier alpha value is -1.81. The first-order chi connectivity index (χ1) is 9.13. The zero-order valence-electron chi connectivity index (χ0n) is 9.53. The van der Waals surface area contributed by atoms with Gasteiger partial charge in [0.05, 0.1) is 6.33 Å². The van der Waals surface area contributed by atoms with Gasteiger partial charge in [-0.15, -0.1) is 5.73 Å². The molecule has 3 rings (SSSR count). The van der Waals surface area contributed by atoms with Crippen molar-refractivity contribution in [2.24, 2.45) is 0 Å². The van der Waals surface area contributed by atoms with E-state index in [1.165, 1.54) is 10.9 Å². The first-order valence-corrected chi connectivity index (χ1v) is 5.49. The standard InChI is InChI=1S/C10H10N5O4/c11-8-5-9(13-2-12-8)15(3-14-5)10-7(18)6(17)4(1-16)19-10/h1-4,6-7,10,16-18H/t4-,6-,7-,10-/m1/s1/i1+1,2+1,3+1,4+1,5+1,6+1,7+1,8+1,9+1,10+1,11+1,12+1,13+1,14+1,15+1. The summed E-state index contributed by atoms with van der Waals surface area (Å²) in [5.74, 6) is -0.290. The van der Waals surface area contributed by atoms with Crippen molar-refractivity contribution in [1.29, 1.82) is 0 Å². The van der Waals surface area contributed by atoms with Gasteiger partial charge in [-0.1, -0.05) is 0 Å². The van der Waals surface area contributed by atoms with Crippen molar-refractivity contribution in [2.75, 3.05) is 0 Å². The first-order valence-electron chi connectivity index (χ1n) is 5.49. The maximum atomic E-state index is 9.90. The summed E-state index contributed by atoms with van der Waals surface area (Å²) < 4.78 is 6.66. The van der Waals surface area contributed by atoms with Crippen molar-refractivity contribution in [1.82, 2.24) is 25.3 Å². The average molecular weight is 279 g/mol. The summed E-state index contributed by atoms with van der Waals surface area (Å²) in [6.07, 6.45) is -2.05. The fraction of sp³-hybridized carbons (Fsp3) is 0.400. The van der Waals surface area contributed by atoms with E-state index in [2.05, 4.69) is 15.0 Å². The minimum absolute atomic E-state index is 0.157. The van der Waals surface area contributed by atoms with Crippen LogP contribution in [-0.4, -0.2) is 53.2 Å². The number of nitrogens with zero attached hydrogens (tertiary/aromatic N) is 5. The molecule has 2 aromatic heterocycles. The largest absolute Gasteiger partial charge is 0.387 e. The van der Waals surface area contributed by atoms with Crippen molar-refractivity contribution in [3.05, 3.63) is 19.3 Å². The third kappa shape index (κ3) is 1.75. The number of ether oxygens (including phenoxy) is 1. The van der Waals surface area contributed by atoms with Gasteiger partial charge in [0, 0.05) is 0 Å². The monoisotopic (exact) mass is 279 g/mol. The van der Waals surface area contributed by atoms with E-state index >= 15 is 0 Å². The van der Waals surface area contributed by atoms with Gasteiger partial charge in [0.15, 0.2) is 17.4 Å². The van der Waals surface area contributed by atoms with Gasteiger partial charge in [0.1, 0.15) is 31.2 Å². The molecule has 0 saturated carbocycles. The summed E-state index contributed by atoms with van der Waals surface area (Å²) in [6, 6.07) is 0. The molecule has 0 amide bonds. The van der Waals surface area contributed by atoms with Crippen LogP contribution in [0.2, 0.25) is 0 Å².